The number of nitriles is 1. The zero-order chi connectivity index (χ0) is 13.8. The molecule has 0 fully saturated rings. The van der Waals surface area contributed by atoms with Gasteiger partial charge in [0.15, 0.2) is 0 Å². The molecule has 19 heavy (non-hydrogen) atoms. The molecule has 0 bridgehead atoms. The summed E-state index contributed by atoms with van der Waals surface area (Å²) in [5.74, 6) is 0. The Bertz CT molecular complexity index is 673. The third kappa shape index (κ3) is 2.70. The maximum Gasteiger partial charge on any atom is 0.102 e. The standard InChI is InChI=1S/C14H9Cl2N3/c15-12-3-1-2-10(13(12)16)14(18)11(8-17)9-4-6-19-7-5-9/h1-7H,18H2/b14-11-. The van der Waals surface area contributed by atoms with Crippen molar-refractivity contribution in [3.8, 4) is 6.07 Å². The molecule has 0 amide bonds. The van der Waals surface area contributed by atoms with Gasteiger partial charge >= 0.3 is 0 Å². The van der Waals surface area contributed by atoms with Crippen LogP contribution < -0.4 is 5.73 Å². The second-order valence-electron chi connectivity index (χ2n) is 3.74. The molecular weight excluding hydrogens is 281 g/mol. The molecule has 1 heterocycles. The summed E-state index contributed by atoms with van der Waals surface area (Å²) in [6.07, 6.45) is 3.19. The topological polar surface area (TPSA) is 62.7 Å². The van der Waals surface area contributed by atoms with E-state index < -0.39 is 0 Å². The quantitative estimate of drug-likeness (QED) is 0.857. The van der Waals surface area contributed by atoms with Crippen LogP contribution in [0.1, 0.15) is 11.1 Å². The predicted octanol–water partition coefficient (Wildman–Crippen LogP) is 3.74. The van der Waals surface area contributed by atoms with Crippen molar-refractivity contribution in [1.82, 2.24) is 4.98 Å². The van der Waals surface area contributed by atoms with Crippen molar-refractivity contribution in [2.75, 3.05) is 0 Å². The number of halogens is 2. The van der Waals surface area contributed by atoms with Gasteiger partial charge in [-0.05, 0) is 23.8 Å². The minimum Gasteiger partial charge on any atom is -0.397 e. The Labute approximate surface area is 120 Å². The summed E-state index contributed by atoms with van der Waals surface area (Å²) >= 11 is 12.1. The molecule has 1 aromatic heterocycles. The van der Waals surface area contributed by atoms with Crippen LogP contribution in [0.4, 0.5) is 0 Å². The molecule has 0 unspecified atom stereocenters. The Kier molecular flexibility index (Phi) is 4.06. The van der Waals surface area contributed by atoms with E-state index in [-0.39, 0.29) is 0 Å². The molecule has 2 rings (SSSR count). The van der Waals surface area contributed by atoms with Crippen LogP contribution in [0.2, 0.25) is 10.0 Å². The fourth-order valence-electron chi connectivity index (χ4n) is 1.65. The van der Waals surface area contributed by atoms with Gasteiger partial charge in [-0.15, -0.1) is 0 Å². The second-order valence-corrected chi connectivity index (χ2v) is 4.52. The summed E-state index contributed by atoms with van der Waals surface area (Å²) in [4.78, 5) is 3.91. The van der Waals surface area contributed by atoms with Gasteiger partial charge < -0.3 is 5.73 Å². The van der Waals surface area contributed by atoms with Gasteiger partial charge in [-0.2, -0.15) is 5.26 Å². The first-order valence-corrected chi connectivity index (χ1v) is 6.15. The number of nitrogens with zero attached hydrogens (tertiary/aromatic N) is 2. The Hall–Kier alpha value is -2.02. The molecule has 3 nitrogen and oxygen atoms in total. The minimum absolute atomic E-state index is 0.293. The lowest BCUT2D eigenvalue weighted by molar-refractivity contribution is 1.32. The van der Waals surface area contributed by atoms with Gasteiger partial charge in [0.2, 0.25) is 0 Å². The molecule has 2 N–H and O–H groups in total. The smallest absolute Gasteiger partial charge is 0.102 e. The van der Waals surface area contributed by atoms with Crippen molar-refractivity contribution >= 4 is 34.5 Å². The third-order valence-electron chi connectivity index (χ3n) is 2.59. The summed E-state index contributed by atoms with van der Waals surface area (Å²) < 4.78 is 0. The molecule has 0 spiro atoms. The van der Waals surface area contributed by atoms with E-state index in [0.717, 1.165) is 0 Å². The Morgan fingerprint density at radius 2 is 1.84 bits per heavy atom. The van der Waals surface area contributed by atoms with Crippen LogP contribution in [0.5, 0.6) is 0 Å². The summed E-state index contributed by atoms with van der Waals surface area (Å²) in [5.41, 5.74) is 7.91. The first-order chi connectivity index (χ1) is 9.15. The van der Waals surface area contributed by atoms with Crippen LogP contribution in [0, 0.1) is 11.3 Å². The third-order valence-corrected chi connectivity index (χ3v) is 3.41. The summed E-state index contributed by atoms with van der Waals surface area (Å²) in [6.45, 7) is 0. The maximum absolute atomic E-state index is 9.29. The van der Waals surface area contributed by atoms with Gasteiger partial charge in [0.1, 0.15) is 6.07 Å². The van der Waals surface area contributed by atoms with Crippen molar-refractivity contribution in [2.45, 2.75) is 0 Å². The maximum atomic E-state index is 9.29. The second kappa shape index (κ2) is 5.75. The normalized spacial score (nSPS) is 11.6. The summed E-state index contributed by atoms with van der Waals surface area (Å²) in [7, 11) is 0. The van der Waals surface area contributed by atoms with Crippen molar-refractivity contribution in [3.63, 3.8) is 0 Å². The zero-order valence-corrected chi connectivity index (χ0v) is 11.3. The lowest BCUT2D eigenvalue weighted by Crippen LogP contribution is -2.01. The molecule has 5 heteroatoms. The van der Waals surface area contributed by atoms with E-state index in [4.69, 9.17) is 28.9 Å². The highest BCUT2D eigenvalue weighted by molar-refractivity contribution is 6.43. The van der Waals surface area contributed by atoms with Crippen LogP contribution >= 0.6 is 23.2 Å². The number of hydrogen-bond acceptors (Lipinski definition) is 3. The predicted molar refractivity (Wildman–Crippen MR) is 77.3 cm³/mol. The molecular formula is C14H9Cl2N3. The highest BCUT2D eigenvalue weighted by Crippen LogP contribution is 2.31. The molecule has 0 radical (unpaired) electrons. The molecule has 0 aliphatic heterocycles. The van der Waals surface area contributed by atoms with Crippen molar-refractivity contribution < 1.29 is 0 Å². The van der Waals surface area contributed by atoms with Crippen molar-refractivity contribution in [2.24, 2.45) is 5.73 Å². The molecule has 0 atom stereocenters. The highest BCUT2D eigenvalue weighted by atomic mass is 35.5. The van der Waals surface area contributed by atoms with Gasteiger partial charge in [0.05, 0.1) is 21.3 Å². The molecule has 0 saturated heterocycles. The number of pyridine rings is 1. The molecule has 2 aromatic rings. The fourth-order valence-corrected chi connectivity index (χ4v) is 2.05. The number of rotatable bonds is 2. The van der Waals surface area contributed by atoms with Gasteiger partial charge in [-0.1, -0.05) is 35.3 Å². The van der Waals surface area contributed by atoms with E-state index in [1.54, 1.807) is 42.7 Å². The minimum atomic E-state index is 0.293. The number of aromatic nitrogens is 1. The summed E-state index contributed by atoms with van der Waals surface area (Å²) in [5, 5.41) is 10.0. The van der Waals surface area contributed by atoms with E-state index in [0.29, 0.717) is 32.4 Å². The fraction of sp³-hybridized carbons (Fsp3) is 0. The van der Waals surface area contributed by atoms with Crippen LogP contribution in [-0.2, 0) is 0 Å². The number of hydrogen-bond donors (Lipinski definition) is 1. The molecule has 0 saturated carbocycles. The molecule has 94 valence electrons. The van der Waals surface area contributed by atoms with Crippen LogP contribution in [-0.4, -0.2) is 4.98 Å². The van der Waals surface area contributed by atoms with E-state index in [1.807, 2.05) is 0 Å². The zero-order valence-electron chi connectivity index (χ0n) is 9.77. The van der Waals surface area contributed by atoms with E-state index in [2.05, 4.69) is 11.1 Å². The molecule has 0 aliphatic rings. The van der Waals surface area contributed by atoms with Gasteiger partial charge in [0, 0.05) is 18.0 Å². The van der Waals surface area contributed by atoms with E-state index in [9.17, 15) is 5.26 Å². The van der Waals surface area contributed by atoms with Crippen LogP contribution in [0.15, 0.2) is 42.7 Å². The van der Waals surface area contributed by atoms with Gasteiger partial charge in [-0.3, -0.25) is 4.98 Å². The Morgan fingerprint density at radius 1 is 1.16 bits per heavy atom. The van der Waals surface area contributed by atoms with Crippen molar-refractivity contribution in [1.29, 1.82) is 5.26 Å². The van der Waals surface area contributed by atoms with Gasteiger partial charge in [0.25, 0.3) is 0 Å². The van der Waals surface area contributed by atoms with E-state index in [1.165, 1.54) is 0 Å². The van der Waals surface area contributed by atoms with E-state index >= 15 is 0 Å². The van der Waals surface area contributed by atoms with Gasteiger partial charge in [-0.25, -0.2) is 0 Å². The monoisotopic (exact) mass is 289 g/mol. The first kappa shape index (κ1) is 13.4. The first-order valence-electron chi connectivity index (χ1n) is 5.39. The number of benzene rings is 1. The lowest BCUT2D eigenvalue weighted by Gasteiger charge is -2.09. The number of allylic oxidation sites excluding steroid dienone is 1. The Morgan fingerprint density at radius 3 is 2.47 bits per heavy atom. The number of nitrogens with two attached hydrogens (primary N) is 1. The average Bonchev–Trinajstić information content (AvgIpc) is 2.44. The largest absolute Gasteiger partial charge is 0.397 e. The lowest BCUT2D eigenvalue weighted by atomic mass is 10.0. The molecule has 0 aliphatic carbocycles. The van der Waals surface area contributed by atoms with Crippen LogP contribution in [0.25, 0.3) is 11.3 Å². The van der Waals surface area contributed by atoms with Crippen molar-refractivity contribution in [3.05, 3.63) is 63.9 Å². The average molecular weight is 290 g/mol. The molecule has 1 aromatic carbocycles. The highest BCUT2D eigenvalue weighted by Gasteiger charge is 2.12. The SMILES string of the molecule is N#C/C(=C(/N)c1cccc(Cl)c1Cl)c1ccncc1. The summed E-state index contributed by atoms with van der Waals surface area (Å²) in [6, 6.07) is 10.6. The van der Waals surface area contributed by atoms with Crippen LogP contribution in [0.3, 0.4) is 0 Å². The Balaban J connectivity index is 2.63.